The Hall–Kier alpha value is -0.830. The van der Waals surface area contributed by atoms with Gasteiger partial charge in [-0.05, 0) is 32.8 Å². The maximum absolute atomic E-state index is 8.67. The molecule has 3 nitrogen and oxygen atoms in total. The summed E-state index contributed by atoms with van der Waals surface area (Å²) < 4.78 is 1.99. The van der Waals surface area contributed by atoms with E-state index in [1.807, 2.05) is 11.6 Å². The topological polar surface area (TPSA) is 38.0 Å². The highest BCUT2D eigenvalue weighted by atomic mass is 16.2. The lowest BCUT2D eigenvalue weighted by Crippen LogP contribution is -2.03. The second kappa shape index (κ2) is 4.26. The van der Waals surface area contributed by atoms with Crippen molar-refractivity contribution in [2.24, 2.45) is 0 Å². The predicted octanol–water partition coefficient (Wildman–Crippen LogP) is 1.14. The van der Waals surface area contributed by atoms with Crippen LogP contribution in [0.3, 0.4) is 0 Å². The molecule has 0 saturated carbocycles. The Bertz CT molecular complexity index is 243. The number of hydrogen-bond donors (Lipinski definition) is 1. The fourth-order valence-corrected chi connectivity index (χ4v) is 1.33. The molecular formula is C9H16N2O. The van der Waals surface area contributed by atoms with Crippen molar-refractivity contribution >= 4 is 0 Å². The minimum Gasteiger partial charge on any atom is -0.396 e. The van der Waals surface area contributed by atoms with Gasteiger partial charge in [0.15, 0.2) is 0 Å². The Kier molecular flexibility index (Phi) is 3.29. The normalized spacial score (nSPS) is 10.6. The van der Waals surface area contributed by atoms with E-state index in [4.69, 9.17) is 5.11 Å². The summed E-state index contributed by atoms with van der Waals surface area (Å²) in [7, 11) is 0. The van der Waals surface area contributed by atoms with Crippen LogP contribution in [0.15, 0.2) is 6.07 Å². The average molecular weight is 168 g/mol. The Morgan fingerprint density at radius 2 is 2.33 bits per heavy atom. The Labute approximate surface area is 73.0 Å². The van der Waals surface area contributed by atoms with E-state index in [2.05, 4.69) is 18.1 Å². The number of rotatable bonds is 4. The minimum atomic E-state index is 0.258. The van der Waals surface area contributed by atoms with Gasteiger partial charge in [0.05, 0.1) is 5.69 Å². The predicted molar refractivity (Wildman–Crippen MR) is 48.0 cm³/mol. The molecule has 0 amide bonds. The van der Waals surface area contributed by atoms with Crippen LogP contribution in [-0.2, 0) is 13.0 Å². The molecule has 0 bridgehead atoms. The third kappa shape index (κ3) is 2.08. The first-order chi connectivity index (χ1) is 5.77. The molecule has 1 aromatic rings. The van der Waals surface area contributed by atoms with Gasteiger partial charge in [-0.2, -0.15) is 5.10 Å². The number of hydrogen-bond acceptors (Lipinski definition) is 2. The van der Waals surface area contributed by atoms with E-state index in [1.165, 1.54) is 5.69 Å². The zero-order chi connectivity index (χ0) is 8.97. The van der Waals surface area contributed by atoms with E-state index in [0.29, 0.717) is 0 Å². The first-order valence-corrected chi connectivity index (χ1v) is 4.42. The number of aromatic nitrogens is 2. The van der Waals surface area contributed by atoms with Gasteiger partial charge in [-0.3, -0.25) is 4.68 Å². The van der Waals surface area contributed by atoms with Gasteiger partial charge in [0.25, 0.3) is 0 Å². The maximum Gasteiger partial charge on any atom is 0.0596 e. The fourth-order valence-electron chi connectivity index (χ4n) is 1.33. The first kappa shape index (κ1) is 9.26. The van der Waals surface area contributed by atoms with Crippen LogP contribution in [0.2, 0.25) is 0 Å². The molecule has 12 heavy (non-hydrogen) atoms. The molecule has 0 aliphatic heterocycles. The van der Waals surface area contributed by atoms with Gasteiger partial charge in [-0.25, -0.2) is 0 Å². The minimum absolute atomic E-state index is 0.258. The molecule has 0 unspecified atom stereocenters. The van der Waals surface area contributed by atoms with Gasteiger partial charge >= 0.3 is 0 Å². The van der Waals surface area contributed by atoms with E-state index in [0.717, 1.165) is 25.1 Å². The molecule has 1 rings (SSSR count). The summed E-state index contributed by atoms with van der Waals surface area (Å²) in [6.45, 7) is 5.24. The van der Waals surface area contributed by atoms with Gasteiger partial charge in [-0.1, -0.05) is 0 Å². The number of aryl methyl sites for hydroxylation is 3. The molecule has 0 fully saturated rings. The van der Waals surface area contributed by atoms with E-state index in [9.17, 15) is 0 Å². The molecule has 1 N–H and O–H groups in total. The number of aliphatic hydroxyl groups is 1. The highest BCUT2D eigenvalue weighted by Gasteiger charge is 2.02. The van der Waals surface area contributed by atoms with Crippen LogP contribution >= 0.6 is 0 Å². The monoisotopic (exact) mass is 168 g/mol. The summed E-state index contributed by atoms with van der Waals surface area (Å²) in [6.07, 6.45) is 1.75. The van der Waals surface area contributed by atoms with E-state index < -0.39 is 0 Å². The highest BCUT2D eigenvalue weighted by molar-refractivity contribution is 5.08. The third-order valence-corrected chi connectivity index (χ3v) is 1.88. The van der Waals surface area contributed by atoms with Gasteiger partial charge in [-0.15, -0.1) is 0 Å². The lowest BCUT2D eigenvalue weighted by Gasteiger charge is -2.01. The molecule has 0 radical (unpaired) electrons. The molecule has 68 valence electrons. The lowest BCUT2D eigenvalue weighted by atomic mass is 10.2. The van der Waals surface area contributed by atoms with Crippen LogP contribution in [0.5, 0.6) is 0 Å². The van der Waals surface area contributed by atoms with Crippen molar-refractivity contribution in [3.63, 3.8) is 0 Å². The molecule has 0 saturated heterocycles. The van der Waals surface area contributed by atoms with Crippen molar-refractivity contribution in [2.75, 3.05) is 6.61 Å². The molecule has 0 aromatic carbocycles. The Morgan fingerprint density at radius 3 is 2.92 bits per heavy atom. The van der Waals surface area contributed by atoms with E-state index >= 15 is 0 Å². The summed E-state index contributed by atoms with van der Waals surface area (Å²) in [5.41, 5.74) is 2.29. The van der Waals surface area contributed by atoms with E-state index in [-0.39, 0.29) is 6.61 Å². The standard InChI is InChI=1S/C9H16N2O/c1-3-11-9(5-4-6-12)7-8(2)10-11/h7,12H,3-6H2,1-2H3. The van der Waals surface area contributed by atoms with Crippen LogP contribution in [0, 0.1) is 6.92 Å². The molecule has 0 aliphatic rings. The van der Waals surface area contributed by atoms with Crippen LogP contribution in [-0.4, -0.2) is 21.5 Å². The van der Waals surface area contributed by atoms with E-state index in [1.54, 1.807) is 0 Å². The van der Waals surface area contributed by atoms with Crippen LogP contribution in [0.1, 0.15) is 24.7 Å². The summed E-state index contributed by atoms with van der Waals surface area (Å²) in [5, 5.41) is 13.0. The van der Waals surface area contributed by atoms with Gasteiger partial charge in [0.2, 0.25) is 0 Å². The molecular weight excluding hydrogens is 152 g/mol. The summed E-state index contributed by atoms with van der Waals surface area (Å²) in [4.78, 5) is 0. The zero-order valence-corrected chi connectivity index (χ0v) is 7.75. The van der Waals surface area contributed by atoms with Crippen molar-refractivity contribution in [1.82, 2.24) is 9.78 Å². The van der Waals surface area contributed by atoms with Crippen molar-refractivity contribution in [2.45, 2.75) is 33.2 Å². The second-order valence-electron chi connectivity index (χ2n) is 2.92. The molecule has 0 spiro atoms. The molecule has 1 heterocycles. The van der Waals surface area contributed by atoms with Crippen molar-refractivity contribution in [3.8, 4) is 0 Å². The molecule has 1 aromatic heterocycles. The second-order valence-corrected chi connectivity index (χ2v) is 2.92. The highest BCUT2D eigenvalue weighted by Crippen LogP contribution is 2.05. The van der Waals surface area contributed by atoms with Gasteiger partial charge < -0.3 is 5.11 Å². The Balaban J connectivity index is 2.68. The van der Waals surface area contributed by atoms with Crippen molar-refractivity contribution in [3.05, 3.63) is 17.5 Å². The average Bonchev–Trinajstić information content (AvgIpc) is 2.42. The summed E-state index contributed by atoms with van der Waals surface area (Å²) >= 11 is 0. The summed E-state index contributed by atoms with van der Waals surface area (Å²) in [5.74, 6) is 0. The lowest BCUT2D eigenvalue weighted by molar-refractivity contribution is 0.287. The smallest absolute Gasteiger partial charge is 0.0596 e. The van der Waals surface area contributed by atoms with Gasteiger partial charge in [0.1, 0.15) is 0 Å². The largest absolute Gasteiger partial charge is 0.396 e. The number of aliphatic hydroxyl groups excluding tert-OH is 1. The van der Waals surface area contributed by atoms with Crippen LogP contribution in [0.25, 0.3) is 0 Å². The van der Waals surface area contributed by atoms with Crippen LogP contribution in [0.4, 0.5) is 0 Å². The quantitative estimate of drug-likeness (QED) is 0.732. The third-order valence-electron chi connectivity index (χ3n) is 1.88. The zero-order valence-electron chi connectivity index (χ0n) is 7.75. The Morgan fingerprint density at radius 1 is 1.58 bits per heavy atom. The summed E-state index contributed by atoms with van der Waals surface area (Å²) in [6, 6.07) is 2.08. The first-order valence-electron chi connectivity index (χ1n) is 4.42. The van der Waals surface area contributed by atoms with Crippen molar-refractivity contribution in [1.29, 1.82) is 0 Å². The van der Waals surface area contributed by atoms with Crippen LogP contribution < -0.4 is 0 Å². The van der Waals surface area contributed by atoms with Gasteiger partial charge in [0, 0.05) is 18.8 Å². The fraction of sp³-hybridized carbons (Fsp3) is 0.667. The molecule has 0 atom stereocenters. The molecule has 3 heteroatoms. The molecule has 0 aliphatic carbocycles. The number of nitrogens with zero attached hydrogens (tertiary/aromatic N) is 2. The van der Waals surface area contributed by atoms with Crippen molar-refractivity contribution < 1.29 is 5.11 Å². The maximum atomic E-state index is 8.67. The SMILES string of the molecule is CCn1nc(C)cc1CCCO.